The fourth-order valence-electron chi connectivity index (χ4n) is 8.41. The second kappa shape index (κ2) is 12.6. The van der Waals surface area contributed by atoms with Crippen LogP contribution in [0.3, 0.4) is 0 Å². The quantitative estimate of drug-likeness (QED) is 0.172. The van der Waals surface area contributed by atoms with Crippen molar-refractivity contribution in [3.05, 3.63) is 206 Å². The van der Waals surface area contributed by atoms with Crippen molar-refractivity contribution in [1.29, 1.82) is 0 Å². The molecular formula is C52H34N2O. The van der Waals surface area contributed by atoms with E-state index >= 15 is 0 Å². The Hall–Kier alpha value is -7.36. The zero-order valence-corrected chi connectivity index (χ0v) is 29.9. The summed E-state index contributed by atoms with van der Waals surface area (Å²) in [6.45, 7) is 0. The number of aromatic nitrogens is 1. The summed E-state index contributed by atoms with van der Waals surface area (Å²) in [6.07, 6.45) is 0. The molecule has 0 radical (unpaired) electrons. The van der Waals surface area contributed by atoms with Crippen molar-refractivity contribution in [1.82, 2.24) is 4.57 Å². The molecule has 55 heavy (non-hydrogen) atoms. The molecule has 9 aromatic carbocycles. The number of anilines is 3. The van der Waals surface area contributed by atoms with Gasteiger partial charge in [-0.15, -0.1) is 0 Å². The maximum Gasteiger partial charge on any atom is 0.143 e. The van der Waals surface area contributed by atoms with Crippen LogP contribution in [0.4, 0.5) is 17.1 Å². The summed E-state index contributed by atoms with van der Waals surface area (Å²) in [4.78, 5) is 2.41. The molecule has 0 N–H and O–H groups in total. The lowest BCUT2D eigenvalue weighted by Crippen LogP contribution is -2.10. The Morgan fingerprint density at radius 3 is 1.87 bits per heavy atom. The first-order valence-electron chi connectivity index (χ1n) is 18.8. The van der Waals surface area contributed by atoms with Crippen LogP contribution in [0, 0.1) is 0 Å². The molecule has 11 rings (SSSR count). The van der Waals surface area contributed by atoms with Crippen molar-refractivity contribution in [2.45, 2.75) is 0 Å². The van der Waals surface area contributed by atoms with Gasteiger partial charge in [0.1, 0.15) is 11.2 Å². The van der Waals surface area contributed by atoms with E-state index < -0.39 is 0 Å². The smallest absolute Gasteiger partial charge is 0.143 e. The average Bonchev–Trinajstić information content (AvgIpc) is 3.81. The van der Waals surface area contributed by atoms with Gasteiger partial charge in [-0.3, -0.25) is 0 Å². The van der Waals surface area contributed by atoms with Crippen molar-refractivity contribution < 1.29 is 4.42 Å². The molecule has 2 aromatic heterocycles. The summed E-state index contributed by atoms with van der Waals surface area (Å²) in [5, 5.41) is 7.02. The fraction of sp³-hybridized carbons (Fsp3) is 0. The Morgan fingerprint density at radius 1 is 0.382 bits per heavy atom. The molecule has 0 unspecified atom stereocenters. The van der Waals surface area contributed by atoms with Gasteiger partial charge in [-0.05, 0) is 100 Å². The molecular weight excluding hydrogens is 669 g/mol. The third-order valence-corrected chi connectivity index (χ3v) is 11.0. The Balaban J connectivity index is 1.08. The Labute approximate surface area is 318 Å². The van der Waals surface area contributed by atoms with Crippen LogP contribution in [0.15, 0.2) is 211 Å². The fourth-order valence-corrected chi connectivity index (χ4v) is 8.41. The summed E-state index contributed by atoms with van der Waals surface area (Å²) in [7, 11) is 0. The predicted molar refractivity (Wildman–Crippen MR) is 231 cm³/mol. The van der Waals surface area contributed by atoms with E-state index in [2.05, 4.69) is 216 Å². The second-order valence-electron chi connectivity index (χ2n) is 14.1. The number of nitrogens with zero attached hydrogens (tertiary/aromatic N) is 2. The van der Waals surface area contributed by atoms with E-state index in [4.69, 9.17) is 4.42 Å². The molecule has 0 atom stereocenters. The van der Waals surface area contributed by atoms with E-state index in [1.54, 1.807) is 0 Å². The molecule has 0 saturated carbocycles. The van der Waals surface area contributed by atoms with Crippen LogP contribution in [0.2, 0.25) is 0 Å². The van der Waals surface area contributed by atoms with E-state index in [1.807, 2.05) is 0 Å². The van der Waals surface area contributed by atoms with Crippen molar-refractivity contribution in [3.63, 3.8) is 0 Å². The van der Waals surface area contributed by atoms with Gasteiger partial charge in [0.15, 0.2) is 0 Å². The highest BCUT2D eigenvalue weighted by atomic mass is 16.3. The highest BCUT2D eigenvalue weighted by Crippen LogP contribution is 2.45. The van der Waals surface area contributed by atoms with E-state index in [1.165, 1.54) is 32.8 Å². The van der Waals surface area contributed by atoms with Gasteiger partial charge < -0.3 is 13.9 Å². The van der Waals surface area contributed by atoms with Gasteiger partial charge >= 0.3 is 0 Å². The van der Waals surface area contributed by atoms with Gasteiger partial charge in [-0.1, -0.05) is 133 Å². The first kappa shape index (κ1) is 31.2. The van der Waals surface area contributed by atoms with Crippen molar-refractivity contribution in [2.24, 2.45) is 0 Å². The van der Waals surface area contributed by atoms with Crippen LogP contribution in [-0.2, 0) is 0 Å². The van der Waals surface area contributed by atoms with E-state index in [-0.39, 0.29) is 0 Å². The van der Waals surface area contributed by atoms with Crippen LogP contribution < -0.4 is 4.90 Å². The molecule has 0 aliphatic rings. The number of para-hydroxylation sites is 2. The van der Waals surface area contributed by atoms with Gasteiger partial charge in [0.2, 0.25) is 0 Å². The van der Waals surface area contributed by atoms with E-state index in [9.17, 15) is 0 Å². The molecule has 0 spiro atoms. The average molecular weight is 703 g/mol. The number of furan rings is 1. The third kappa shape index (κ3) is 5.13. The summed E-state index contributed by atoms with van der Waals surface area (Å²) < 4.78 is 8.93. The van der Waals surface area contributed by atoms with Crippen LogP contribution in [0.25, 0.3) is 82.5 Å². The second-order valence-corrected chi connectivity index (χ2v) is 14.1. The zero-order valence-electron chi connectivity index (χ0n) is 29.9. The summed E-state index contributed by atoms with van der Waals surface area (Å²) in [6, 6.07) is 73.9. The van der Waals surface area contributed by atoms with Crippen molar-refractivity contribution in [2.75, 3.05) is 4.90 Å². The maximum absolute atomic E-state index is 6.55. The van der Waals surface area contributed by atoms with Gasteiger partial charge in [-0.25, -0.2) is 0 Å². The maximum atomic E-state index is 6.55. The highest BCUT2D eigenvalue weighted by molar-refractivity contribution is 6.17. The lowest BCUT2D eigenvalue weighted by atomic mass is 10.0. The van der Waals surface area contributed by atoms with Gasteiger partial charge in [-0.2, -0.15) is 0 Å². The lowest BCUT2D eigenvalue weighted by Gasteiger charge is -2.27. The van der Waals surface area contributed by atoms with Crippen molar-refractivity contribution in [3.8, 4) is 27.9 Å². The van der Waals surface area contributed by atoms with Crippen LogP contribution in [0.5, 0.6) is 0 Å². The monoisotopic (exact) mass is 702 g/mol. The Kier molecular flexibility index (Phi) is 7.17. The van der Waals surface area contributed by atoms with Crippen LogP contribution in [0.1, 0.15) is 0 Å². The van der Waals surface area contributed by atoms with E-state index in [0.717, 1.165) is 66.7 Å². The summed E-state index contributed by atoms with van der Waals surface area (Å²) in [5.74, 6) is 0. The largest absolute Gasteiger partial charge is 0.455 e. The topological polar surface area (TPSA) is 21.3 Å². The zero-order chi connectivity index (χ0) is 36.3. The minimum absolute atomic E-state index is 0.897. The highest BCUT2D eigenvalue weighted by Gasteiger charge is 2.21. The SMILES string of the molecule is c1ccc(-c2cccc(N(c3ccc(-c4ccc5c(c4)oc4c6ccccc6ccc54)cc3)c3cccc4c3c3ccccc3n4-c3ccccc3)c2)cc1. The third-order valence-electron chi connectivity index (χ3n) is 11.0. The lowest BCUT2D eigenvalue weighted by molar-refractivity contribution is 0.673. The summed E-state index contributed by atoms with van der Waals surface area (Å²) >= 11 is 0. The van der Waals surface area contributed by atoms with Gasteiger partial charge in [0, 0.05) is 44.0 Å². The molecule has 0 amide bonds. The van der Waals surface area contributed by atoms with Crippen LogP contribution >= 0.6 is 0 Å². The number of fused-ring (bicyclic) bond motifs is 8. The Morgan fingerprint density at radius 2 is 1.02 bits per heavy atom. The first-order chi connectivity index (χ1) is 27.3. The standard InChI is InChI=1S/C52H34N2O/c1-3-13-35(14-4-1)38-16-11-19-42(33-38)53(48-23-12-24-49-51(48)46-21-9-10-22-47(46)54(49)40-17-5-2-6-18-40)41-29-25-36(26-30-41)39-28-31-44-45-32-27-37-15-7-8-20-43(37)52(45)55-50(44)34-39/h1-34H. The molecule has 258 valence electrons. The first-order valence-corrected chi connectivity index (χ1v) is 18.8. The number of hydrogen-bond donors (Lipinski definition) is 0. The minimum atomic E-state index is 0.897. The minimum Gasteiger partial charge on any atom is -0.455 e. The van der Waals surface area contributed by atoms with Gasteiger partial charge in [0.05, 0.1) is 16.7 Å². The van der Waals surface area contributed by atoms with Crippen molar-refractivity contribution >= 4 is 71.6 Å². The Bertz CT molecular complexity index is 3190. The number of hydrogen-bond acceptors (Lipinski definition) is 2. The molecule has 2 heterocycles. The van der Waals surface area contributed by atoms with Crippen LogP contribution in [-0.4, -0.2) is 4.57 Å². The molecule has 3 heteroatoms. The molecule has 0 saturated heterocycles. The van der Waals surface area contributed by atoms with Gasteiger partial charge in [0.25, 0.3) is 0 Å². The normalized spacial score (nSPS) is 11.6. The number of rotatable bonds is 6. The predicted octanol–water partition coefficient (Wildman–Crippen LogP) is 14.6. The molecule has 3 nitrogen and oxygen atoms in total. The van der Waals surface area contributed by atoms with E-state index in [0.29, 0.717) is 0 Å². The molecule has 0 aliphatic heterocycles. The summed E-state index contributed by atoms with van der Waals surface area (Å²) in [5.41, 5.74) is 13.2. The molecule has 0 bridgehead atoms. The molecule has 11 aromatic rings. The molecule has 0 aliphatic carbocycles. The number of benzene rings is 9. The molecule has 0 fully saturated rings.